The molecule has 0 bridgehead atoms. The molecular weight excluding hydrogens is 306 g/mol. The van der Waals surface area contributed by atoms with Gasteiger partial charge in [-0.3, -0.25) is 4.79 Å². The predicted octanol–water partition coefficient (Wildman–Crippen LogP) is 3.31. The van der Waals surface area contributed by atoms with E-state index < -0.39 is 0 Å². The number of nitrogens with zero attached hydrogens (tertiary/aromatic N) is 3. The van der Waals surface area contributed by atoms with Crippen molar-refractivity contribution in [1.82, 2.24) is 20.1 Å². The number of fused-ring (bicyclic) bond motifs is 1. The molecule has 0 aliphatic heterocycles. The second-order valence-corrected chi connectivity index (χ2v) is 6.21. The van der Waals surface area contributed by atoms with E-state index in [1.807, 2.05) is 34.6 Å². The van der Waals surface area contributed by atoms with Crippen LogP contribution in [0.4, 0.5) is 5.82 Å². The van der Waals surface area contributed by atoms with Crippen LogP contribution in [0.3, 0.4) is 0 Å². The van der Waals surface area contributed by atoms with Gasteiger partial charge in [-0.1, -0.05) is 12.1 Å². The fourth-order valence-corrected chi connectivity index (χ4v) is 3.15. The zero-order valence-electron chi connectivity index (χ0n) is 14.5. The number of rotatable bonds is 4. The number of nitrogens with one attached hydrogen (secondary N) is 2. The fraction of sp³-hybridized carbons (Fsp3) is 0.412. The third-order valence-electron chi connectivity index (χ3n) is 4.42. The Balaban J connectivity index is 1.81. The molecule has 0 aliphatic rings. The minimum Gasteiger partial charge on any atom is -0.361 e. The summed E-state index contributed by atoms with van der Waals surface area (Å²) in [5.41, 5.74) is 4.61. The van der Waals surface area contributed by atoms with Crippen LogP contribution in [0.2, 0.25) is 0 Å². The Bertz CT molecular complexity index is 890. The number of anilines is 1. The highest BCUT2D eigenvalue weighted by Gasteiger charge is 2.20. The number of amides is 1. The molecule has 126 valence electrons. The highest BCUT2D eigenvalue weighted by Crippen LogP contribution is 2.28. The molecule has 1 unspecified atom stereocenters. The Morgan fingerprint density at radius 2 is 2.04 bits per heavy atom. The number of aromatic nitrogens is 4. The van der Waals surface area contributed by atoms with Crippen molar-refractivity contribution in [2.75, 3.05) is 5.32 Å². The first-order valence-electron chi connectivity index (χ1n) is 7.91. The molecule has 0 aliphatic carbocycles. The van der Waals surface area contributed by atoms with Crippen LogP contribution in [0.25, 0.3) is 11.0 Å². The van der Waals surface area contributed by atoms with Crippen molar-refractivity contribution in [3.8, 4) is 0 Å². The first-order chi connectivity index (χ1) is 11.4. The minimum absolute atomic E-state index is 0.0163. The Morgan fingerprint density at radius 3 is 2.71 bits per heavy atom. The maximum Gasteiger partial charge on any atom is 0.226 e. The number of carbonyl (C=O) groups excluding carboxylic acids is 1. The van der Waals surface area contributed by atoms with Crippen LogP contribution in [0.5, 0.6) is 0 Å². The Hall–Kier alpha value is -2.70. The fourth-order valence-electron chi connectivity index (χ4n) is 3.15. The standard InChI is InChI=1S/C17H21N5O2/c1-8(14-11(4)22-24-12(14)5)6-13(23)21-17-15-9(2)10(3)20-16(15)18-7-19-17/h7-8H,6H2,1-5H3,(H2,18,19,20,21,23). The average molecular weight is 327 g/mol. The number of hydrogen-bond acceptors (Lipinski definition) is 5. The summed E-state index contributed by atoms with van der Waals surface area (Å²) in [5.74, 6) is 1.22. The van der Waals surface area contributed by atoms with Crippen molar-refractivity contribution >= 4 is 22.8 Å². The van der Waals surface area contributed by atoms with Crippen molar-refractivity contribution in [3.05, 3.63) is 34.6 Å². The lowest BCUT2D eigenvalue weighted by Crippen LogP contribution is -2.16. The Morgan fingerprint density at radius 1 is 1.29 bits per heavy atom. The summed E-state index contributed by atoms with van der Waals surface area (Å²) in [5, 5.41) is 7.72. The van der Waals surface area contributed by atoms with Crippen LogP contribution in [0, 0.1) is 27.7 Å². The summed E-state index contributed by atoms with van der Waals surface area (Å²) in [7, 11) is 0. The van der Waals surface area contributed by atoms with E-state index >= 15 is 0 Å². The molecule has 0 radical (unpaired) electrons. The number of aryl methyl sites for hydroxylation is 4. The summed E-state index contributed by atoms with van der Waals surface area (Å²) < 4.78 is 5.19. The van der Waals surface area contributed by atoms with E-state index in [0.29, 0.717) is 12.2 Å². The van der Waals surface area contributed by atoms with E-state index in [2.05, 4.69) is 25.4 Å². The van der Waals surface area contributed by atoms with Crippen LogP contribution < -0.4 is 5.32 Å². The van der Waals surface area contributed by atoms with Crippen LogP contribution in [0.1, 0.15) is 47.5 Å². The number of hydrogen-bond donors (Lipinski definition) is 2. The minimum atomic E-state index is -0.0965. The zero-order chi connectivity index (χ0) is 17.4. The highest BCUT2D eigenvalue weighted by molar-refractivity contribution is 6.00. The third kappa shape index (κ3) is 2.77. The molecule has 7 nitrogen and oxygen atoms in total. The molecule has 24 heavy (non-hydrogen) atoms. The molecule has 2 N–H and O–H groups in total. The van der Waals surface area contributed by atoms with Gasteiger partial charge < -0.3 is 14.8 Å². The summed E-state index contributed by atoms with van der Waals surface area (Å²) in [6.07, 6.45) is 1.78. The molecule has 3 aromatic heterocycles. The molecule has 0 spiro atoms. The van der Waals surface area contributed by atoms with E-state index in [9.17, 15) is 4.79 Å². The van der Waals surface area contributed by atoms with Crippen molar-refractivity contribution in [2.45, 2.75) is 47.0 Å². The zero-order valence-corrected chi connectivity index (χ0v) is 14.5. The van der Waals surface area contributed by atoms with Gasteiger partial charge in [-0.05, 0) is 39.2 Å². The topological polar surface area (TPSA) is 96.7 Å². The Labute approximate surface area is 139 Å². The summed E-state index contributed by atoms with van der Waals surface area (Å²) in [6, 6.07) is 0. The van der Waals surface area contributed by atoms with E-state index in [1.165, 1.54) is 6.33 Å². The molecule has 0 saturated heterocycles. The first kappa shape index (κ1) is 16.2. The van der Waals surface area contributed by atoms with E-state index in [0.717, 1.165) is 39.3 Å². The van der Waals surface area contributed by atoms with Crippen LogP contribution in [0.15, 0.2) is 10.9 Å². The summed E-state index contributed by atoms with van der Waals surface area (Å²) in [6.45, 7) is 9.71. The number of aromatic amines is 1. The summed E-state index contributed by atoms with van der Waals surface area (Å²) in [4.78, 5) is 24.1. The molecular formula is C17H21N5O2. The molecule has 1 amide bonds. The van der Waals surface area contributed by atoms with Crippen LogP contribution in [-0.4, -0.2) is 26.0 Å². The van der Waals surface area contributed by atoms with Gasteiger partial charge in [-0.25, -0.2) is 9.97 Å². The molecule has 3 aromatic rings. The third-order valence-corrected chi connectivity index (χ3v) is 4.42. The van der Waals surface area contributed by atoms with Crippen LogP contribution >= 0.6 is 0 Å². The lowest BCUT2D eigenvalue weighted by molar-refractivity contribution is -0.116. The van der Waals surface area contributed by atoms with Gasteiger partial charge in [0.25, 0.3) is 0 Å². The smallest absolute Gasteiger partial charge is 0.226 e. The second-order valence-electron chi connectivity index (χ2n) is 6.21. The molecule has 0 saturated carbocycles. The lowest BCUT2D eigenvalue weighted by atomic mass is 9.96. The molecule has 3 rings (SSSR count). The molecule has 1 atom stereocenters. The largest absolute Gasteiger partial charge is 0.361 e. The van der Waals surface area contributed by atoms with E-state index in [1.54, 1.807) is 0 Å². The lowest BCUT2D eigenvalue weighted by Gasteiger charge is -2.11. The van der Waals surface area contributed by atoms with Gasteiger partial charge in [-0.2, -0.15) is 0 Å². The van der Waals surface area contributed by atoms with Crippen molar-refractivity contribution in [1.29, 1.82) is 0 Å². The average Bonchev–Trinajstić information content (AvgIpc) is 2.99. The number of H-pyrrole nitrogens is 1. The molecule has 7 heteroatoms. The van der Waals surface area contributed by atoms with Gasteiger partial charge in [0.15, 0.2) is 0 Å². The first-order valence-corrected chi connectivity index (χ1v) is 7.91. The molecule has 0 aromatic carbocycles. The molecule has 0 fully saturated rings. The van der Waals surface area contributed by atoms with E-state index in [4.69, 9.17) is 4.52 Å². The van der Waals surface area contributed by atoms with Gasteiger partial charge >= 0.3 is 0 Å². The molecule has 3 heterocycles. The van der Waals surface area contributed by atoms with Gasteiger partial charge in [0.2, 0.25) is 5.91 Å². The van der Waals surface area contributed by atoms with Crippen molar-refractivity contribution in [2.24, 2.45) is 0 Å². The van der Waals surface area contributed by atoms with Gasteiger partial charge in [0, 0.05) is 17.7 Å². The summed E-state index contributed by atoms with van der Waals surface area (Å²) >= 11 is 0. The van der Waals surface area contributed by atoms with Gasteiger partial charge in [0.05, 0.1) is 11.1 Å². The maximum atomic E-state index is 12.5. The normalized spacial score (nSPS) is 12.5. The predicted molar refractivity (Wildman–Crippen MR) is 91.0 cm³/mol. The maximum absolute atomic E-state index is 12.5. The SMILES string of the molecule is Cc1noc(C)c1C(C)CC(=O)Nc1ncnc2[nH]c(C)c(C)c12. The second kappa shape index (κ2) is 6.07. The Kier molecular flexibility index (Phi) is 4.09. The monoisotopic (exact) mass is 327 g/mol. The highest BCUT2D eigenvalue weighted by atomic mass is 16.5. The quantitative estimate of drug-likeness (QED) is 0.766. The van der Waals surface area contributed by atoms with E-state index in [-0.39, 0.29) is 11.8 Å². The van der Waals surface area contributed by atoms with Crippen molar-refractivity contribution < 1.29 is 9.32 Å². The van der Waals surface area contributed by atoms with Crippen LogP contribution in [-0.2, 0) is 4.79 Å². The van der Waals surface area contributed by atoms with Crippen molar-refractivity contribution in [3.63, 3.8) is 0 Å². The number of carbonyl (C=O) groups is 1. The van der Waals surface area contributed by atoms with Gasteiger partial charge in [-0.15, -0.1) is 0 Å². The van der Waals surface area contributed by atoms with Gasteiger partial charge in [0.1, 0.15) is 23.6 Å².